The SMILES string of the molecule is COc1cc(CN(C)C2CC3CCC(C2)N3)ccc1OC(F)F. The van der Waals surface area contributed by atoms with Crippen molar-refractivity contribution in [3.05, 3.63) is 23.8 Å². The highest BCUT2D eigenvalue weighted by molar-refractivity contribution is 5.43. The molecule has 2 aliphatic rings. The molecule has 0 spiro atoms. The number of alkyl halides is 2. The second kappa shape index (κ2) is 7.01. The fourth-order valence-electron chi connectivity index (χ4n) is 3.81. The average Bonchev–Trinajstić information content (AvgIpc) is 2.86. The molecule has 23 heavy (non-hydrogen) atoms. The van der Waals surface area contributed by atoms with Crippen LogP contribution < -0.4 is 14.8 Å². The molecule has 2 heterocycles. The van der Waals surface area contributed by atoms with Crippen LogP contribution in [0.1, 0.15) is 31.2 Å². The largest absolute Gasteiger partial charge is 0.493 e. The van der Waals surface area contributed by atoms with Crippen LogP contribution in [0, 0.1) is 0 Å². The van der Waals surface area contributed by atoms with Gasteiger partial charge in [0.05, 0.1) is 7.11 Å². The van der Waals surface area contributed by atoms with Crippen LogP contribution >= 0.6 is 0 Å². The second-order valence-corrected chi connectivity index (χ2v) is 6.54. The Labute approximate surface area is 135 Å². The lowest BCUT2D eigenvalue weighted by atomic mass is 9.98. The molecule has 0 amide bonds. The molecule has 128 valence electrons. The molecule has 1 aromatic rings. The minimum Gasteiger partial charge on any atom is -0.493 e. The number of halogens is 2. The van der Waals surface area contributed by atoms with Gasteiger partial charge in [-0.15, -0.1) is 0 Å². The Balaban J connectivity index is 1.65. The summed E-state index contributed by atoms with van der Waals surface area (Å²) in [5.74, 6) is 0.426. The summed E-state index contributed by atoms with van der Waals surface area (Å²) in [7, 11) is 3.59. The molecule has 0 aliphatic carbocycles. The maximum absolute atomic E-state index is 12.4. The summed E-state index contributed by atoms with van der Waals surface area (Å²) < 4.78 is 34.4. The molecule has 2 fully saturated rings. The number of piperidine rings is 1. The molecule has 6 heteroatoms. The molecular formula is C17H24F2N2O2. The van der Waals surface area contributed by atoms with E-state index in [0.717, 1.165) is 12.1 Å². The van der Waals surface area contributed by atoms with Gasteiger partial charge in [0, 0.05) is 24.7 Å². The van der Waals surface area contributed by atoms with Gasteiger partial charge >= 0.3 is 6.61 Å². The Morgan fingerprint density at radius 3 is 2.52 bits per heavy atom. The first-order chi connectivity index (χ1) is 11.0. The predicted molar refractivity (Wildman–Crippen MR) is 84.1 cm³/mol. The van der Waals surface area contributed by atoms with E-state index in [1.807, 2.05) is 6.07 Å². The molecular weight excluding hydrogens is 302 g/mol. The van der Waals surface area contributed by atoms with Crippen molar-refractivity contribution in [3.63, 3.8) is 0 Å². The van der Waals surface area contributed by atoms with E-state index < -0.39 is 6.61 Å². The second-order valence-electron chi connectivity index (χ2n) is 6.54. The molecule has 1 aromatic carbocycles. The molecule has 4 nitrogen and oxygen atoms in total. The number of hydrogen-bond acceptors (Lipinski definition) is 4. The highest BCUT2D eigenvalue weighted by Gasteiger charge is 2.34. The number of rotatable bonds is 6. The van der Waals surface area contributed by atoms with Crippen molar-refractivity contribution in [1.29, 1.82) is 0 Å². The Morgan fingerprint density at radius 1 is 1.22 bits per heavy atom. The fourth-order valence-corrected chi connectivity index (χ4v) is 3.81. The summed E-state index contributed by atoms with van der Waals surface area (Å²) in [5.41, 5.74) is 1.04. The number of fused-ring (bicyclic) bond motifs is 2. The van der Waals surface area contributed by atoms with Gasteiger partial charge in [0.15, 0.2) is 11.5 Å². The number of hydrogen-bond donors (Lipinski definition) is 1. The molecule has 2 saturated heterocycles. The van der Waals surface area contributed by atoms with E-state index in [1.54, 1.807) is 12.1 Å². The van der Waals surface area contributed by atoms with Gasteiger partial charge < -0.3 is 14.8 Å². The molecule has 2 unspecified atom stereocenters. The lowest BCUT2D eigenvalue weighted by Crippen LogP contribution is -2.46. The summed E-state index contributed by atoms with van der Waals surface area (Å²) in [6.07, 6.45) is 4.92. The summed E-state index contributed by atoms with van der Waals surface area (Å²) in [6, 6.07) is 7.03. The summed E-state index contributed by atoms with van der Waals surface area (Å²) in [4.78, 5) is 2.36. The topological polar surface area (TPSA) is 33.7 Å². The number of nitrogens with zero attached hydrogens (tertiary/aromatic N) is 1. The van der Waals surface area contributed by atoms with Crippen molar-refractivity contribution < 1.29 is 18.3 Å². The molecule has 3 rings (SSSR count). The van der Waals surface area contributed by atoms with E-state index in [9.17, 15) is 8.78 Å². The molecule has 2 aliphatic heterocycles. The first-order valence-electron chi connectivity index (χ1n) is 8.13. The monoisotopic (exact) mass is 326 g/mol. The first kappa shape index (κ1) is 16.5. The van der Waals surface area contributed by atoms with Crippen LogP contribution in [-0.4, -0.2) is 43.8 Å². The van der Waals surface area contributed by atoms with Crippen molar-refractivity contribution in [1.82, 2.24) is 10.2 Å². The van der Waals surface area contributed by atoms with E-state index in [2.05, 4.69) is 22.0 Å². The summed E-state index contributed by atoms with van der Waals surface area (Å²) in [6.45, 7) is -2.07. The van der Waals surface area contributed by atoms with Crippen LogP contribution in [0.2, 0.25) is 0 Å². The van der Waals surface area contributed by atoms with E-state index in [1.165, 1.54) is 32.8 Å². The Morgan fingerprint density at radius 2 is 1.91 bits per heavy atom. The summed E-state index contributed by atoms with van der Waals surface area (Å²) in [5, 5.41) is 3.65. The van der Waals surface area contributed by atoms with Gasteiger partial charge in [0.2, 0.25) is 0 Å². The van der Waals surface area contributed by atoms with Crippen molar-refractivity contribution in [2.24, 2.45) is 0 Å². The minimum absolute atomic E-state index is 0.0776. The molecule has 0 radical (unpaired) electrons. The average molecular weight is 326 g/mol. The number of methoxy groups -OCH3 is 1. The summed E-state index contributed by atoms with van der Waals surface area (Å²) >= 11 is 0. The third-order valence-electron chi connectivity index (χ3n) is 4.95. The smallest absolute Gasteiger partial charge is 0.387 e. The van der Waals surface area contributed by atoms with Crippen LogP contribution in [0.15, 0.2) is 18.2 Å². The van der Waals surface area contributed by atoms with Crippen molar-refractivity contribution in [2.45, 2.75) is 57.0 Å². The van der Waals surface area contributed by atoms with Crippen molar-refractivity contribution >= 4 is 0 Å². The Bertz CT molecular complexity index is 529. The zero-order valence-electron chi connectivity index (χ0n) is 13.6. The normalized spacial score (nSPS) is 26.8. The standard InChI is InChI=1S/C17H24F2N2O2/c1-21(14-8-12-4-5-13(9-14)20-12)10-11-3-6-15(23-17(18)19)16(7-11)22-2/h3,6-7,12-14,17,20H,4-5,8-10H2,1-2H3. The third kappa shape index (κ3) is 3.93. The number of nitrogens with one attached hydrogen (secondary N) is 1. The zero-order chi connectivity index (χ0) is 16.4. The lowest BCUT2D eigenvalue weighted by molar-refractivity contribution is -0.0512. The van der Waals surface area contributed by atoms with E-state index in [0.29, 0.717) is 23.9 Å². The number of ether oxygens (including phenoxy) is 2. The van der Waals surface area contributed by atoms with Gasteiger partial charge in [-0.2, -0.15) is 8.78 Å². The highest BCUT2D eigenvalue weighted by atomic mass is 19.3. The highest BCUT2D eigenvalue weighted by Crippen LogP contribution is 2.32. The fraction of sp³-hybridized carbons (Fsp3) is 0.647. The Hall–Kier alpha value is -1.40. The van der Waals surface area contributed by atoms with Gasteiger partial charge in [-0.25, -0.2) is 0 Å². The lowest BCUT2D eigenvalue weighted by Gasteiger charge is -2.35. The van der Waals surface area contributed by atoms with Crippen molar-refractivity contribution in [2.75, 3.05) is 14.2 Å². The van der Waals surface area contributed by atoms with E-state index >= 15 is 0 Å². The van der Waals surface area contributed by atoms with Gasteiger partial charge in [0.1, 0.15) is 0 Å². The molecule has 0 aromatic heterocycles. The maximum atomic E-state index is 12.4. The predicted octanol–water partition coefficient (Wildman–Crippen LogP) is 3.01. The van der Waals surface area contributed by atoms with Gasteiger partial charge in [-0.05, 0) is 50.4 Å². The third-order valence-corrected chi connectivity index (χ3v) is 4.95. The van der Waals surface area contributed by atoms with E-state index in [-0.39, 0.29) is 5.75 Å². The van der Waals surface area contributed by atoms with Crippen LogP contribution in [0.3, 0.4) is 0 Å². The van der Waals surface area contributed by atoms with Crippen LogP contribution in [-0.2, 0) is 6.54 Å². The maximum Gasteiger partial charge on any atom is 0.387 e. The van der Waals surface area contributed by atoms with Crippen LogP contribution in [0.25, 0.3) is 0 Å². The van der Waals surface area contributed by atoms with Crippen LogP contribution in [0.4, 0.5) is 8.78 Å². The molecule has 2 atom stereocenters. The zero-order valence-corrected chi connectivity index (χ0v) is 13.6. The quantitative estimate of drug-likeness (QED) is 0.871. The Kier molecular flexibility index (Phi) is 5.02. The molecule has 0 saturated carbocycles. The van der Waals surface area contributed by atoms with Gasteiger partial charge in [-0.1, -0.05) is 6.07 Å². The van der Waals surface area contributed by atoms with Crippen molar-refractivity contribution in [3.8, 4) is 11.5 Å². The first-order valence-corrected chi connectivity index (χ1v) is 8.13. The van der Waals surface area contributed by atoms with Gasteiger partial charge in [-0.3, -0.25) is 4.90 Å². The number of benzene rings is 1. The van der Waals surface area contributed by atoms with E-state index in [4.69, 9.17) is 4.74 Å². The van der Waals surface area contributed by atoms with Crippen LogP contribution in [0.5, 0.6) is 11.5 Å². The van der Waals surface area contributed by atoms with Gasteiger partial charge in [0.25, 0.3) is 0 Å². The molecule has 2 bridgehead atoms. The minimum atomic E-state index is -2.84. The molecule has 1 N–H and O–H groups in total.